The van der Waals surface area contributed by atoms with Crippen molar-refractivity contribution in [2.45, 2.75) is 38.8 Å². The van der Waals surface area contributed by atoms with Gasteiger partial charge in [-0.25, -0.2) is 0 Å². The summed E-state index contributed by atoms with van der Waals surface area (Å²) >= 11 is 5.97. The summed E-state index contributed by atoms with van der Waals surface area (Å²) in [5.41, 5.74) is 2.31. The largest absolute Gasteiger partial charge is 0.352 e. The van der Waals surface area contributed by atoms with Gasteiger partial charge in [0.25, 0.3) is 0 Å². The lowest BCUT2D eigenvalue weighted by Gasteiger charge is -2.31. The molecule has 2 aromatic rings. The van der Waals surface area contributed by atoms with Crippen LogP contribution in [0.1, 0.15) is 36.8 Å². The van der Waals surface area contributed by atoms with E-state index >= 15 is 0 Å². The van der Waals surface area contributed by atoms with Crippen LogP contribution in [0.3, 0.4) is 0 Å². The average Bonchev–Trinajstić information content (AvgIpc) is 3.04. The number of amides is 1. The maximum absolute atomic E-state index is 12.1. The first-order valence-corrected chi connectivity index (χ1v) is 9.67. The molecule has 140 valence electrons. The van der Waals surface area contributed by atoms with Gasteiger partial charge in [-0.15, -0.1) is 0 Å². The van der Waals surface area contributed by atoms with Gasteiger partial charge in [-0.2, -0.15) is 5.10 Å². The molecule has 0 unspecified atom stereocenters. The van der Waals surface area contributed by atoms with Crippen molar-refractivity contribution >= 4 is 17.5 Å². The van der Waals surface area contributed by atoms with Crippen molar-refractivity contribution in [2.75, 3.05) is 13.1 Å². The zero-order valence-corrected chi connectivity index (χ0v) is 16.1. The molecule has 0 spiro atoms. The van der Waals surface area contributed by atoms with Crippen LogP contribution in [0.4, 0.5) is 0 Å². The van der Waals surface area contributed by atoms with Crippen molar-refractivity contribution in [1.29, 1.82) is 0 Å². The minimum absolute atomic E-state index is 0.128. The highest BCUT2D eigenvalue weighted by Crippen LogP contribution is 2.23. The molecule has 5 nitrogen and oxygen atoms in total. The molecule has 0 atom stereocenters. The summed E-state index contributed by atoms with van der Waals surface area (Å²) in [6.45, 7) is 3.72. The molecule has 1 aliphatic rings. The molecule has 1 aromatic heterocycles. The number of nitrogens with zero attached hydrogens (tertiary/aromatic N) is 3. The van der Waals surface area contributed by atoms with Crippen molar-refractivity contribution < 1.29 is 4.79 Å². The molecule has 0 aliphatic carbocycles. The lowest BCUT2D eigenvalue weighted by atomic mass is 9.92. The second-order valence-electron chi connectivity index (χ2n) is 7.19. The first kappa shape index (κ1) is 18.9. The highest BCUT2D eigenvalue weighted by atomic mass is 35.5. The molecule has 1 N–H and O–H groups in total. The van der Waals surface area contributed by atoms with Crippen LogP contribution in [0.5, 0.6) is 0 Å². The summed E-state index contributed by atoms with van der Waals surface area (Å²) in [5, 5.41) is 7.92. The number of halogens is 1. The van der Waals surface area contributed by atoms with Crippen LogP contribution in [0.25, 0.3) is 0 Å². The zero-order valence-electron chi connectivity index (χ0n) is 15.3. The van der Waals surface area contributed by atoms with E-state index in [1.807, 2.05) is 42.2 Å². The first-order valence-electron chi connectivity index (χ1n) is 9.29. The van der Waals surface area contributed by atoms with Crippen molar-refractivity contribution in [2.24, 2.45) is 13.0 Å². The fraction of sp³-hybridized carbons (Fsp3) is 0.500. The van der Waals surface area contributed by atoms with E-state index in [4.69, 9.17) is 11.6 Å². The Hall–Kier alpha value is -1.85. The van der Waals surface area contributed by atoms with E-state index in [9.17, 15) is 4.79 Å². The predicted molar refractivity (Wildman–Crippen MR) is 104 cm³/mol. The molecule has 2 heterocycles. The summed E-state index contributed by atoms with van der Waals surface area (Å²) in [7, 11) is 1.95. The number of carbonyl (C=O) groups excluding carboxylic acids is 1. The number of carbonyl (C=O) groups is 1. The van der Waals surface area contributed by atoms with Gasteiger partial charge in [0.2, 0.25) is 5.91 Å². The van der Waals surface area contributed by atoms with E-state index in [0.717, 1.165) is 31.6 Å². The quantitative estimate of drug-likeness (QED) is 0.808. The minimum atomic E-state index is 0.128. The average molecular weight is 375 g/mol. The van der Waals surface area contributed by atoms with Crippen molar-refractivity contribution in [3.8, 4) is 0 Å². The number of hydrogen-bond acceptors (Lipinski definition) is 3. The number of hydrogen-bond donors (Lipinski definition) is 1. The smallest absolute Gasteiger partial charge is 0.220 e. The maximum atomic E-state index is 12.1. The summed E-state index contributed by atoms with van der Waals surface area (Å²) in [6.07, 6.45) is 7.94. The van der Waals surface area contributed by atoms with Gasteiger partial charge in [-0.1, -0.05) is 23.7 Å². The third-order valence-electron chi connectivity index (χ3n) is 5.03. The molecule has 3 rings (SSSR count). The molecule has 1 aliphatic heterocycles. The molecule has 1 fully saturated rings. The Labute approximate surface area is 160 Å². The molecule has 1 saturated heterocycles. The topological polar surface area (TPSA) is 50.2 Å². The number of piperidine rings is 1. The number of nitrogens with one attached hydrogen (secondary N) is 1. The summed E-state index contributed by atoms with van der Waals surface area (Å²) in [5.74, 6) is 0.778. The molecular formula is C20H27ClN4O. The van der Waals surface area contributed by atoms with Gasteiger partial charge >= 0.3 is 0 Å². The fourth-order valence-corrected chi connectivity index (χ4v) is 3.73. The van der Waals surface area contributed by atoms with Gasteiger partial charge in [0.05, 0.1) is 6.20 Å². The van der Waals surface area contributed by atoms with E-state index in [-0.39, 0.29) is 5.91 Å². The standard InChI is InChI=1S/C20H27ClN4O/c1-24-14-18(13-23-24)15-25-9-7-16(8-10-25)5-6-20(26)22-12-17-3-2-4-19(21)11-17/h2-4,11,13-14,16H,5-10,12,15H2,1H3,(H,22,26). The molecule has 0 saturated carbocycles. The third-order valence-corrected chi connectivity index (χ3v) is 5.27. The number of aryl methyl sites for hydroxylation is 1. The minimum Gasteiger partial charge on any atom is -0.352 e. The Balaban J connectivity index is 1.32. The Morgan fingerprint density at radius 1 is 1.31 bits per heavy atom. The van der Waals surface area contributed by atoms with E-state index in [0.29, 0.717) is 23.9 Å². The Morgan fingerprint density at radius 3 is 2.81 bits per heavy atom. The lowest BCUT2D eigenvalue weighted by molar-refractivity contribution is -0.121. The Kier molecular flexibility index (Phi) is 6.69. The number of likely N-dealkylation sites (tertiary alicyclic amines) is 1. The van der Waals surface area contributed by atoms with Crippen molar-refractivity contribution in [3.63, 3.8) is 0 Å². The van der Waals surface area contributed by atoms with E-state index < -0.39 is 0 Å². The van der Waals surface area contributed by atoms with Gasteiger partial charge in [0, 0.05) is 43.3 Å². The van der Waals surface area contributed by atoms with Gasteiger partial charge in [0.15, 0.2) is 0 Å². The van der Waals surface area contributed by atoms with Crippen molar-refractivity contribution in [3.05, 3.63) is 52.8 Å². The van der Waals surface area contributed by atoms with Crippen LogP contribution in [0.15, 0.2) is 36.7 Å². The van der Waals surface area contributed by atoms with Crippen LogP contribution >= 0.6 is 11.6 Å². The van der Waals surface area contributed by atoms with Crippen LogP contribution < -0.4 is 5.32 Å². The van der Waals surface area contributed by atoms with Crippen LogP contribution in [-0.4, -0.2) is 33.7 Å². The predicted octanol–water partition coefficient (Wildman–Crippen LogP) is 3.38. The highest BCUT2D eigenvalue weighted by Gasteiger charge is 2.20. The Bertz CT molecular complexity index is 722. The molecule has 0 radical (unpaired) electrons. The molecular weight excluding hydrogens is 348 g/mol. The molecule has 1 aromatic carbocycles. The monoisotopic (exact) mass is 374 g/mol. The van der Waals surface area contributed by atoms with Gasteiger partial charge < -0.3 is 5.32 Å². The van der Waals surface area contributed by atoms with Gasteiger partial charge in [0.1, 0.15) is 0 Å². The number of aromatic nitrogens is 2. The van der Waals surface area contributed by atoms with E-state index in [1.165, 1.54) is 18.4 Å². The number of rotatable bonds is 7. The molecule has 26 heavy (non-hydrogen) atoms. The molecule has 0 bridgehead atoms. The van der Waals surface area contributed by atoms with E-state index in [1.54, 1.807) is 0 Å². The fourth-order valence-electron chi connectivity index (χ4n) is 3.52. The lowest BCUT2D eigenvalue weighted by Crippen LogP contribution is -2.33. The summed E-state index contributed by atoms with van der Waals surface area (Å²) in [6, 6.07) is 7.61. The van der Waals surface area contributed by atoms with Gasteiger partial charge in [-0.3, -0.25) is 14.4 Å². The second-order valence-corrected chi connectivity index (χ2v) is 7.62. The van der Waals surface area contributed by atoms with Crippen molar-refractivity contribution in [1.82, 2.24) is 20.0 Å². The van der Waals surface area contributed by atoms with Crippen LogP contribution in [-0.2, 0) is 24.9 Å². The highest BCUT2D eigenvalue weighted by molar-refractivity contribution is 6.30. The molecule has 6 heteroatoms. The van der Waals surface area contributed by atoms with E-state index in [2.05, 4.69) is 21.5 Å². The van der Waals surface area contributed by atoms with Gasteiger partial charge in [-0.05, 0) is 56.0 Å². The maximum Gasteiger partial charge on any atom is 0.220 e. The summed E-state index contributed by atoms with van der Waals surface area (Å²) < 4.78 is 1.85. The first-order chi connectivity index (χ1) is 12.6. The Morgan fingerprint density at radius 2 is 2.12 bits per heavy atom. The molecule has 1 amide bonds. The van der Waals surface area contributed by atoms with Crippen LogP contribution in [0.2, 0.25) is 5.02 Å². The zero-order chi connectivity index (χ0) is 18.4. The SMILES string of the molecule is Cn1cc(CN2CCC(CCC(=O)NCc3cccc(Cl)c3)CC2)cn1. The summed E-state index contributed by atoms with van der Waals surface area (Å²) in [4.78, 5) is 14.6. The normalized spacial score (nSPS) is 15.9. The third kappa shape index (κ3) is 5.85. The second kappa shape index (κ2) is 9.19. The number of benzene rings is 1. The van der Waals surface area contributed by atoms with Crippen LogP contribution in [0, 0.1) is 5.92 Å².